The largest absolute Gasteiger partial charge is 0.478 e. The first-order valence-corrected chi connectivity index (χ1v) is 9.43. The van der Waals surface area contributed by atoms with Crippen molar-refractivity contribution in [1.82, 2.24) is 14.6 Å². The molecule has 2 heterocycles. The third-order valence-corrected chi connectivity index (χ3v) is 4.78. The minimum absolute atomic E-state index is 0.0919. The summed E-state index contributed by atoms with van der Waals surface area (Å²) in [5.74, 6) is 4.09. The molecule has 0 unspecified atom stereocenters. The molecule has 5 aromatic rings. The van der Waals surface area contributed by atoms with Gasteiger partial charge in [0.15, 0.2) is 0 Å². The molecule has 5 rings (SSSR count). The molecule has 8 nitrogen and oxygen atoms in total. The highest BCUT2D eigenvalue weighted by Crippen LogP contribution is 2.24. The molecule has 0 atom stereocenters. The summed E-state index contributed by atoms with van der Waals surface area (Å²) >= 11 is 0. The zero-order valence-electron chi connectivity index (χ0n) is 16.3. The molecule has 8 heteroatoms. The van der Waals surface area contributed by atoms with Gasteiger partial charge in [0.05, 0.1) is 28.4 Å². The van der Waals surface area contributed by atoms with Crippen LogP contribution in [0.2, 0.25) is 0 Å². The first-order chi connectivity index (χ1) is 15.1. The van der Waals surface area contributed by atoms with E-state index in [1.165, 1.54) is 6.07 Å². The second-order valence-electron chi connectivity index (χ2n) is 6.65. The van der Waals surface area contributed by atoms with E-state index in [-0.39, 0.29) is 11.1 Å². The van der Waals surface area contributed by atoms with Gasteiger partial charge in [0, 0.05) is 5.56 Å². The van der Waals surface area contributed by atoms with Crippen molar-refractivity contribution in [2.45, 2.75) is 0 Å². The second-order valence-corrected chi connectivity index (χ2v) is 6.65. The number of carboxylic acid groups (broad SMARTS) is 1. The minimum Gasteiger partial charge on any atom is -0.478 e. The molecular weight excluding hydrogens is 394 g/mol. The number of nitrogens with zero attached hydrogens (tertiary/aromatic N) is 2. The molecule has 5 N–H and O–H groups in total. The number of nitrogens with one attached hydrogen (secondary N) is 2. The maximum atomic E-state index is 12.2. The third kappa shape index (κ3) is 3.87. The molecule has 0 fully saturated rings. The third-order valence-electron chi connectivity index (χ3n) is 4.78. The predicted molar refractivity (Wildman–Crippen MR) is 120 cm³/mol. The van der Waals surface area contributed by atoms with Crippen molar-refractivity contribution in [1.29, 1.82) is 0 Å². The maximum absolute atomic E-state index is 12.2. The second kappa shape index (κ2) is 8.52. The van der Waals surface area contributed by atoms with Crippen molar-refractivity contribution in [3.8, 4) is 11.1 Å². The van der Waals surface area contributed by atoms with Gasteiger partial charge in [-0.2, -0.15) is 5.10 Å². The summed E-state index contributed by atoms with van der Waals surface area (Å²) in [5.41, 5.74) is 6.29. The summed E-state index contributed by atoms with van der Waals surface area (Å²) in [6.07, 6.45) is 1.78. The number of fused-ring (bicyclic) bond motifs is 3. The van der Waals surface area contributed by atoms with E-state index < -0.39 is 5.97 Å². The number of nitrogens with two attached hydrogens (primary N) is 1. The van der Waals surface area contributed by atoms with E-state index in [4.69, 9.17) is 10.9 Å². The van der Waals surface area contributed by atoms with Gasteiger partial charge in [-0.05, 0) is 29.8 Å². The van der Waals surface area contributed by atoms with Crippen LogP contribution in [0.15, 0.2) is 89.9 Å². The van der Waals surface area contributed by atoms with Crippen molar-refractivity contribution < 1.29 is 9.90 Å². The van der Waals surface area contributed by atoms with E-state index in [1.807, 2.05) is 48.5 Å². The van der Waals surface area contributed by atoms with Gasteiger partial charge >= 0.3 is 5.97 Å². The van der Waals surface area contributed by atoms with Gasteiger partial charge in [0.1, 0.15) is 5.65 Å². The zero-order valence-corrected chi connectivity index (χ0v) is 16.3. The number of H-pyrrole nitrogens is 1. The lowest BCUT2D eigenvalue weighted by Gasteiger charge is -2.02. The van der Waals surface area contributed by atoms with Crippen LogP contribution in [0.4, 0.5) is 5.69 Å². The van der Waals surface area contributed by atoms with Crippen LogP contribution in [0, 0.1) is 0 Å². The van der Waals surface area contributed by atoms with E-state index in [0.717, 1.165) is 22.3 Å². The summed E-state index contributed by atoms with van der Waals surface area (Å²) in [6, 6.07) is 23.8. The van der Waals surface area contributed by atoms with Gasteiger partial charge in [-0.1, -0.05) is 54.6 Å². The van der Waals surface area contributed by atoms with Crippen molar-refractivity contribution in [3.63, 3.8) is 0 Å². The fourth-order valence-electron chi connectivity index (χ4n) is 3.30. The van der Waals surface area contributed by atoms with Crippen LogP contribution in [0.1, 0.15) is 10.4 Å². The first kappa shape index (κ1) is 19.9. The molecule has 0 aliphatic heterocycles. The number of hydrogen-bond acceptors (Lipinski definition) is 5. The SMILES string of the molecule is NNc1ccccc1C(=O)O.O=c1[nH]c2c(-c3ccccc3)cnn2c2ccccc12. The van der Waals surface area contributed by atoms with Gasteiger partial charge in [0.2, 0.25) is 0 Å². The van der Waals surface area contributed by atoms with Gasteiger partial charge in [-0.25, -0.2) is 9.31 Å². The number of hydrazine groups is 1. The average Bonchev–Trinajstić information content (AvgIpc) is 3.24. The Labute approximate surface area is 176 Å². The van der Waals surface area contributed by atoms with Crippen LogP contribution in [-0.4, -0.2) is 25.7 Å². The Bertz CT molecular complexity index is 1420. The Balaban J connectivity index is 0.000000180. The normalized spacial score (nSPS) is 10.5. The number of hydrogen-bond donors (Lipinski definition) is 4. The van der Waals surface area contributed by atoms with Gasteiger partial charge in [-0.15, -0.1) is 0 Å². The summed E-state index contributed by atoms with van der Waals surface area (Å²) in [6.45, 7) is 0. The highest BCUT2D eigenvalue weighted by molar-refractivity contribution is 5.94. The summed E-state index contributed by atoms with van der Waals surface area (Å²) < 4.78 is 1.78. The number of carboxylic acids is 1. The highest BCUT2D eigenvalue weighted by atomic mass is 16.4. The number of aromatic amines is 1. The Morgan fingerprint density at radius 2 is 1.65 bits per heavy atom. The topological polar surface area (TPSA) is 126 Å². The number of para-hydroxylation sites is 2. The highest BCUT2D eigenvalue weighted by Gasteiger charge is 2.11. The molecule has 0 amide bonds. The molecule has 0 spiro atoms. The lowest BCUT2D eigenvalue weighted by Crippen LogP contribution is -2.11. The summed E-state index contributed by atoms with van der Waals surface area (Å²) in [7, 11) is 0. The van der Waals surface area contributed by atoms with E-state index in [0.29, 0.717) is 11.1 Å². The van der Waals surface area contributed by atoms with Crippen LogP contribution in [0.5, 0.6) is 0 Å². The molecule has 154 valence electrons. The molecule has 0 aliphatic carbocycles. The van der Waals surface area contributed by atoms with Crippen LogP contribution in [-0.2, 0) is 0 Å². The smallest absolute Gasteiger partial charge is 0.337 e. The number of benzene rings is 3. The first-order valence-electron chi connectivity index (χ1n) is 9.43. The van der Waals surface area contributed by atoms with Crippen LogP contribution in [0.3, 0.4) is 0 Å². The van der Waals surface area contributed by atoms with Crippen molar-refractivity contribution in [2.24, 2.45) is 5.84 Å². The number of nitrogen functional groups attached to an aromatic ring is 1. The summed E-state index contributed by atoms with van der Waals surface area (Å²) in [5, 5.41) is 13.7. The Morgan fingerprint density at radius 3 is 2.35 bits per heavy atom. The standard InChI is InChI=1S/C16H11N3O.C7H8N2O2/c20-16-12-8-4-5-9-14(12)19-15(18-16)13(10-17-19)11-6-2-1-3-7-11;8-9-6-4-2-1-3-5(6)7(10)11/h1-10H,(H,18,20);1-4,9H,8H2,(H,10,11). The molecule has 2 aromatic heterocycles. The van der Waals surface area contributed by atoms with Crippen molar-refractivity contribution in [3.05, 3.63) is 101 Å². The molecule has 0 saturated heterocycles. The monoisotopic (exact) mass is 413 g/mol. The van der Waals surface area contributed by atoms with Gasteiger partial charge < -0.3 is 15.5 Å². The lowest BCUT2D eigenvalue weighted by atomic mass is 10.1. The molecule has 0 saturated carbocycles. The van der Waals surface area contributed by atoms with Crippen molar-refractivity contribution >= 4 is 28.2 Å². The van der Waals surface area contributed by atoms with Crippen LogP contribution >= 0.6 is 0 Å². The molecule has 0 bridgehead atoms. The number of rotatable bonds is 3. The van der Waals surface area contributed by atoms with E-state index in [2.05, 4.69) is 15.5 Å². The van der Waals surface area contributed by atoms with Crippen LogP contribution < -0.4 is 16.8 Å². The quantitative estimate of drug-likeness (QED) is 0.265. The Hall–Kier alpha value is -4.43. The number of carbonyl (C=O) groups is 1. The summed E-state index contributed by atoms with van der Waals surface area (Å²) in [4.78, 5) is 25.6. The fraction of sp³-hybridized carbons (Fsp3) is 0. The fourth-order valence-corrected chi connectivity index (χ4v) is 3.30. The molecular formula is C23H19N5O3. The lowest BCUT2D eigenvalue weighted by molar-refractivity contribution is 0.0698. The molecule has 0 radical (unpaired) electrons. The Kier molecular flexibility index (Phi) is 5.46. The van der Waals surface area contributed by atoms with Gasteiger partial charge in [-0.3, -0.25) is 10.6 Å². The molecule has 3 aromatic carbocycles. The number of anilines is 1. The van der Waals surface area contributed by atoms with Gasteiger partial charge in [0.25, 0.3) is 5.56 Å². The van der Waals surface area contributed by atoms with Crippen molar-refractivity contribution in [2.75, 3.05) is 5.43 Å². The average molecular weight is 413 g/mol. The van der Waals surface area contributed by atoms with E-state index >= 15 is 0 Å². The van der Waals surface area contributed by atoms with Crippen LogP contribution in [0.25, 0.3) is 27.7 Å². The maximum Gasteiger partial charge on any atom is 0.337 e. The molecule has 31 heavy (non-hydrogen) atoms. The van der Waals surface area contributed by atoms with E-state index in [1.54, 1.807) is 35.0 Å². The zero-order chi connectivity index (χ0) is 21.8. The minimum atomic E-state index is -0.987. The molecule has 0 aliphatic rings. The predicted octanol–water partition coefficient (Wildman–Crippen LogP) is 3.51. The number of aromatic nitrogens is 3. The Morgan fingerprint density at radius 1 is 0.968 bits per heavy atom. The number of aromatic carboxylic acids is 1. The van der Waals surface area contributed by atoms with E-state index in [9.17, 15) is 9.59 Å².